The summed E-state index contributed by atoms with van der Waals surface area (Å²) in [6.07, 6.45) is 4.21. The molecule has 1 aromatic rings. The van der Waals surface area contributed by atoms with E-state index in [0.29, 0.717) is 5.56 Å². The Morgan fingerprint density at radius 2 is 1.75 bits per heavy atom. The molecule has 2 fully saturated rings. The van der Waals surface area contributed by atoms with Crippen LogP contribution in [0.25, 0.3) is 0 Å². The fraction of sp³-hybridized carbons (Fsp3) is 0.600. The van der Waals surface area contributed by atoms with Gasteiger partial charge in [-0.15, -0.1) is 0 Å². The molecule has 5 heteroatoms. The molecule has 0 radical (unpaired) electrons. The Balaban J connectivity index is 1.66. The molecule has 0 atom stereocenters. The van der Waals surface area contributed by atoms with Crippen molar-refractivity contribution in [2.45, 2.75) is 12.8 Å². The van der Waals surface area contributed by atoms with Gasteiger partial charge in [0, 0.05) is 45.5 Å². The third-order valence-corrected chi connectivity index (χ3v) is 4.22. The van der Waals surface area contributed by atoms with Gasteiger partial charge >= 0.3 is 0 Å². The largest absolute Gasteiger partial charge is 0.357 e. The van der Waals surface area contributed by atoms with Gasteiger partial charge in [0.15, 0.2) is 0 Å². The molecule has 2 saturated heterocycles. The van der Waals surface area contributed by atoms with E-state index in [4.69, 9.17) is 0 Å². The van der Waals surface area contributed by atoms with E-state index < -0.39 is 0 Å². The van der Waals surface area contributed by atoms with Crippen LogP contribution in [0.1, 0.15) is 23.2 Å². The maximum absolute atomic E-state index is 12.4. The molecule has 0 aromatic carbocycles. The first-order valence-corrected chi connectivity index (χ1v) is 7.43. The van der Waals surface area contributed by atoms with Crippen LogP contribution in [-0.4, -0.2) is 67.0 Å². The number of hydrogen-bond donors (Lipinski definition) is 0. The molecule has 108 valence electrons. The minimum absolute atomic E-state index is 0.110. The Morgan fingerprint density at radius 1 is 1.05 bits per heavy atom. The number of pyridine rings is 1. The first kappa shape index (κ1) is 13.4. The smallest absolute Gasteiger partial charge is 0.255 e. The molecule has 0 N–H and O–H groups in total. The molecule has 3 rings (SSSR count). The highest BCUT2D eigenvalue weighted by molar-refractivity contribution is 5.94. The van der Waals surface area contributed by atoms with Crippen molar-refractivity contribution in [2.75, 3.05) is 51.2 Å². The van der Waals surface area contributed by atoms with E-state index in [2.05, 4.69) is 21.8 Å². The summed E-state index contributed by atoms with van der Waals surface area (Å²) < 4.78 is 0. The van der Waals surface area contributed by atoms with Gasteiger partial charge in [0.1, 0.15) is 5.82 Å². The molecule has 2 aliphatic heterocycles. The number of rotatable bonds is 2. The minimum Gasteiger partial charge on any atom is -0.357 e. The average Bonchev–Trinajstić information content (AvgIpc) is 3.02. The second kappa shape index (κ2) is 5.79. The molecule has 3 heterocycles. The lowest BCUT2D eigenvalue weighted by Gasteiger charge is -2.32. The molecule has 1 amide bonds. The lowest BCUT2D eigenvalue weighted by molar-refractivity contribution is 0.0663. The Kier molecular flexibility index (Phi) is 3.87. The highest BCUT2D eigenvalue weighted by Gasteiger charge is 2.21. The molecule has 0 aliphatic carbocycles. The summed E-state index contributed by atoms with van der Waals surface area (Å²) in [5, 5.41) is 0. The normalized spacial score (nSPS) is 20.4. The molecule has 0 unspecified atom stereocenters. The molecule has 2 aliphatic rings. The topological polar surface area (TPSA) is 39.7 Å². The van der Waals surface area contributed by atoms with Gasteiger partial charge in [-0.1, -0.05) is 0 Å². The van der Waals surface area contributed by atoms with E-state index >= 15 is 0 Å². The Hall–Kier alpha value is -1.62. The van der Waals surface area contributed by atoms with Crippen LogP contribution in [0.15, 0.2) is 18.3 Å². The fourth-order valence-electron chi connectivity index (χ4n) is 2.84. The van der Waals surface area contributed by atoms with Crippen LogP contribution >= 0.6 is 0 Å². The van der Waals surface area contributed by atoms with Crippen molar-refractivity contribution in [1.82, 2.24) is 14.8 Å². The Labute approximate surface area is 120 Å². The lowest BCUT2D eigenvalue weighted by atomic mass is 10.2. The van der Waals surface area contributed by atoms with Crippen LogP contribution in [0.3, 0.4) is 0 Å². The first-order chi connectivity index (χ1) is 9.74. The summed E-state index contributed by atoms with van der Waals surface area (Å²) in [7, 11) is 2.09. The Bertz CT molecular complexity index is 459. The summed E-state index contributed by atoms with van der Waals surface area (Å²) in [4.78, 5) is 23.3. The van der Waals surface area contributed by atoms with Crippen molar-refractivity contribution in [3.8, 4) is 0 Å². The van der Waals surface area contributed by atoms with E-state index in [-0.39, 0.29) is 5.91 Å². The summed E-state index contributed by atoms with van der Waals surface area (Å²) >= 11 is 0. The van der Waals surface area contributed by atoms with E-state index in [1.54, 1.807) is 6.20 Å². The number of amides is 1. The second-order valence-corrected chi connectivity index (χ2v) is 5.69. The van der Waals surface area contributed by atoms with Gasteiger partial charge in [-0.05, 0) is 32.0 Å². The zero-order chi connectivity index (χ0) is 13.9. The number of nitrogens with zero attached hydrogens (tertiary/aromatic N) is 4. The summed E-state index contributed by atoms with van der Waals surface area (Å²) in [6, 6.07) is 3.90. The first-order valence-electron chi connectivity index (χ1n) is 7.43. The van der Waals surface area contributed by atoms with Gasteiger partial charge in [-0.3, -0.25) is 4.79 Å². The molecule has 5 nitrogen and oxygen atoms in total. The van der Waals surface area contributed by atoms with Gasteiger partial charge in [-0.25, -0.2) is 4.98 Å². The van der Waals surface area contributed by atoms with Crippen LogP contribution in [0.4, 0.5) is 5.82 Å². The maximum atomic E-state index is 12.4. The highest BCUT2D eigenvalue weighted by atomic mass is 16.2. The van der Waals surface area contributed by atoms with Crippen molar-refractivity contribution < 1.29 is 4.79 Å². The SMILES string of the molecule is CN1CCN(C(=O)c2ccc(N3CCCC3)nc2)CC1. The predicted octanol–water partition coefficient (Wildman–Crippen LogP) is 1.07. The number of carbonyl (C=O) groups excluding carboxylic acids is 1. The van der Waals surface area contributed by atoms with Crippen molar-refractivity contribution in [3.63, 3.8) is 0 Å². The maximum Gasteiger partial charge on any atom is 0.255 e. The van der Waals surface area contributed by atoms with Crippen molar-refractivity contribution in [3.05, 3.63) is 23.9 Å². The monoisotopic (exact) mass is 274 g/mol. The minimum atomic E-state index is 0.110. The quantitative estimate of drug-likeness (QED) is 0.809. The lowest BCUT2D eigenvalue weighted by Crippen LogP contribution is -2.47. The van der Waals surface area contributed by atoms with E-state index in [1.807, 2.05) is 17.0 Å². The van der Waals surface area contributed by atoms with E-state index in [9.17, 15) is 4.79 Å². The van der Waals surface area contributed by atoms with E-state index in [0.717, 1.165) is 45.1 Å². The van der Waals surface area contributed by atoms with Gasteiger partial charge in [0.25, 0.3) is 5.91 Å². The van der Waals surface area contributed by atoms with Gasteiger partial charge in [-0.2, -0.15) is 0 Å². The van der Waals surface area contributed by atoms with E-state index in [1.165, 1.54) is 12.8 Å². The number of hydrogen-bond acceptors (Lipinski definition) is 4. The Morgan fingerprint density at radius 3 is 2.35 bits per heavy atom. The third-order valence-electron chi connectivity index (χ3n) is 4.22. The van der Waals surface area contributed by atoms with Crippen LogP contribution in [0.2, 0.25) is 0 Å². The molecule has 0 saturated carbocycles. The molecule has 0 spiro atoms. The van der Waals surface area contributed by atoms with Gasteiger partial charge in [0.2, 0.25) is 0 Å². The van der Waals surface area contributed by atoms with Crippen molar-refractivity contribution in [2.24, 2.45) is 0 Å². The molecule has 1 aromatic heterocycles. The molecular formula is C15H22N4O. The number of aromatic nitrogens is 1. The predicted molar refractivity (Wildman–Crippen MR) is 79.1 cm³/mol. The summed E-state index contributed by atoms with van der Waals surface area (Å²) in [5.41, 5.74) is 0.706. The van der Waals surface area contributed by atoms with Crippen LogP contribution in [0.5, 0.6) is 0 Å². The molecule has 20 heavy (non-hydrogen) atoms. The van der Waals surface area contributed by atoms with Crippen LogP contribution < -0.4 is 4.90 Å². The van der Waals surface area contributed by atoms with Crippen molar-refractivity contribution in [1.29, 1.82) is 0 Å². The zero-order valence-electron chi connectivity index (χ0n) is 12.1. The third kappa shape index (κ3) is 2.77. The second-order valence-electron chi connectivity index (χ2n) is 5.69. The van der Waals surface area contributed by atoms with Crippen LogP contribution in [-0.2, 0) is 0 Å². The average molecular weight is 274 g/mol. The standard InChI is InChI=1S/C15H22N4O/c1-17-8-10-19(11-9-17)15(20)13-4-5-14(16-12-13)18-6-2-3-7-18/h4-5,12H,2-3,6-11H2,1H3. The number of likely N-dealkylation sites (N-methyl/N-ethyl adjacent to an activating group) is 1. The summed E-state index contributed by atoms with van der Waals surface area (Å²) in [6.45, 7) is 5.68. The summed E-state index contributed by atoms with van der Waals surface area (Å²) in [5.74, 6) is 1.11. The van der Waals surface area contributed by atoms with Crippen LogP contribution in [0, 0.1) is 0 Å². The zero-order valence-corrected chi connectivity index (χ0v) is 12.1. The fourth-order valence-corrected chi connectivity index (χ4v) is 2.84. The molecule has 0 bridgehead atoms. The number of carbonyl (C=O) groups is 1. The number of anilines is 1. The molecular weight excluding hydrogens is 252 g/mol. The highest BCUT2D eigenvalue weighted by Crippen LogP contribution is 2.18. The number of piperazine rings is 1. The van der Waals surface area contributed by atoms with Crippen molar-refractivity contribution >= 4 is 11.7 Å². The van der Waals surface area contributed by atoms with Gasteiger partial charge in [0.05, 0.1) is 5.56 Å². The van der Waals surface area contributed by atoms with Gasteiger partial charge < -0.3 is 14.7 Å².